The van der Waals surface area contributed by atoms with E-state index in [1.165, 1.54) is 11.2 Å². The summed E-state index contributed by atoms with van der Waals surface area (Å²) < 4.78 is 58.1. The number of halogens is 2. The van der Waals surface area contributed by atoms with E-state index in [2.05, 4.69) is 6.07 Å². The molecule has 2 saturated heterocycles. The van der Waals surface area contributed by atoms with Crippen molar-refractivity contribution < 1.29 is 22.0 Å². The number of benzene rings is 2. The summed E-state index contributed by atoms with van der Waals surface area (Å²) in [5.41, 5.74) is -0.650. The zero-order valence-corrected chi connectivity index (χ0v) is 19.8. The summed E-state index contributed by atoms with van der Waals surface area (Å²) >= 11 is 0. The molecule has 2 aliphatic rings. The van der Waals surface area contributed by atoms with Crippen molar-refractivity contribution in [1.82, 2.24) is 9.21 Å². The van der Waals surface area contributed by atoms with Gasteiger partial charge in [-0.25, -0.2) is 17.2 Å². The van der Waals surface area contributed by atoms with Gasteiger partial charge in [-0.2, -0.15) is 9.57 Å². The van der Waals surface area contributed by atoms with Gasteiger partial charge in [0.1, 0.15) is 16.9 Å². The maximum Gasteiger partial charge on any atom is 0.221 e. The number of amides is 1. The monoisotopic (exact) mass is 487 g/mol. The second kappa shape index (κ2) is 9.43. The molecule has 0 bridgehead atoms. The Bertz CT molecular complexity index is 1220. The molecule has 2 aromatic carbocycles. The van der Waals surface area contributed by atoms with Crippen LogP contribution in [0.3, 0.4) is 0 Å². The number of hydrogen-bond acceptors (Lipinski definition) is 4. The molecule has 180 valence electrons. The van der Waals surface area contributed by atoms with Crippen LogP contribution in [-0.2, 0) is 26.8 Å². The van der Waals surface area contributed by atoms with Gasteiger partial charge in [0.15, 0.2) is 0 Å². The molecule has 0 N–H and O–H groups in total. The Kier molecular flexibility index (Phi) is 6.74. The molecular weight excluding hydrogens is 460 g/mol. The van der Waals surface area contributed by atoms with Crippen LogP contribution >= 0.6 is 0 Å². The van der Waals surface area contributed by atoms with Crippen LogP contribution in [0.1, 0.15) is 54.5 Å². The maximum absolute atomic E-state index is 15.2. The lowest BCUT2D eigenvalue weighted by atomic mass is 9.73. The van der Waals surface area contributed by atoms with E-state index in [0.717, 1.165) is 12.1 Å². The van der Waals surface area contributed by atoms with Crippen molar-refractivity contribution >= 4 is 15.9 Å². The molecule has 4 rings (SSSR count). The normalized spacial score (nSPS) is 22.2. The lowest BCUT2D eigenvalue weighted by molar-refractivity contribution is -0.130. The fraction of sp³-hybridized carbons (Fsp3) is 0.440. The molecule has 2 aromatic rings. The average Bonchev–Trinajstić information content (AvgIpc) is 2.82. The Labute approximate surface area is 198 Å². The number of carbonyl (C=O) groups is 1. The standard InChI is InChI=1S/C25H27F2N3O3S/c1-18(31)29-12-9-25(17-28,10-13-29)21-15-22(26)20(14-23(21)27)16-30-11-5-8-24(34(30,32)33)19-6-3-2-4-7-19/h2-4,6-7,14-15,24H,5,8-13,16H2,1H3/t24-/m1/s1. The van der Waals surface area contributed by atoms with E-state index in [4.69, 9.17) is 0 Å². The largest absolute Gasteiger partial charge is 0.343 e. The zero-order valence-electron chi connectivity index (χ0n) is 19.0. The first kappa shape index (κ1) is 24.3. The highest BCUT2D eigenvalue weighted by molar-refractivity contribution is 7.89. The molecular formula is C25H27F2N3O3S. The Morgan fingerprint density at radius 2 is 1.79 bits per heavy atom. The number of hydrogen-bond donors (Lipinski definition) is 0. The smallest absolute Gasteiger partial charge is 0.221 e. The molecule has 0 unspecified atom stereocenters. The lowest BCUT2D eigenvalue weighted by Gasteiger charge is -2.37. The molecule has 0 radical (unpaired) electrons. The highest BCUT2D eigenvalue weighted by Gasteiger charge is 2.41. The molecule has 2 aliphatic heterocycles. The van der Waals surface area contributed by atoms with Crippen LogP contribution in [0.5, 0.6) is 0 Å². The number of nitrogens with zero attached hydrogens (tertiary/aromatic N) is 3. The van der Waals surface area contributed by atoms with Crippen molar-refractivity contribution in [3.05, 3.63) is 70.8 Å². The summed E-state index contributed by atoms with van der Waals surface area (Å²) in [6.07, 6.45) is 1.50. The highest BCUT2D eigenvalue weighted by atomic mass is 32.2. The number of piperidine rings is 1. The first-order valence-electron chi connectivity index (χ1n) is 11.4. The third kappa shape index (κ3) is 4.44. The fourth-order valence-electron chi connectivity index (χ4n) is 5.00. The quantitative estimate of drug-likeness (QED) is 0.652. The SMILES string of the molecule is CC(=O)N1CCC(C#N)(c2cc(F)c(CN3CCC[C@H](c4ccccc4)S3(=O)=O)cc2F)CC1. The van der Waals surface area contributed by atoms with Crippen LogP contribution in [0.25, 0.3) is 0 Å². The van der Waals surface area contributed by atoms with Crippen molar-refractivity contribution in [1.29, 1.82) is 5.26 Å². The average molecular weight is 488 g/mol. The lowest BCUT2D eigenvalue weighted by Crippen LogP contribution is -2.44. The van der Waals surface area contributed by atoms with Gasteiger partial charge in [-0.15, -0.1) is 0 Å². The Morgan fingerprint density at radius 1 is 1.12 bits per heavy atom. The first-order valence-corrected chi connectivity index (χ1v) is 12.9. The van der Waals surface area contributed by atoms with E-state index in [-0.39, 0.29) is 43.0 Å². The minimum absolute atomic E-state index is 0.0388. The van der Waals surface area contributed by atoms with Gasteiger partial charge in [-0.3, -0.25) is 4.79 Å². The van der Waals surface area contributed by atoms with Crippen LogP contribution in [-0.4, -0.2) is 43.2 Å². The molecule has 6 nitrogen and oxygen atoms in total. The van der Waals surface area contributed by atoms with E-state index < -0.39 is 32.3 Å². The Morgan fingerprint density at radius 3 is 2.41 bits per heavy atom. The highest BCUT2D eigenvalue weighted by Crippen LogP contribution is 2.39. The van der Waals surface area contributed by atoms with Gasteiger partial charge in [0, 0.05) is 44.2 Å². The molecule has 9 heteroatoms. The summed E-state index contributed by atoms with van der Waals surface area (Å²) in [6.45, 7) is 1.98. The van der Waals surface area contributed by atoms with Gasteiger partial charge >= 0.3 is 0 Å². The van der Waals surface area contributed by atoms with Crippen LogP contribution in [0, 0.1) is 23.0 Å². The molecule has 1 amide bonds. The van der Waals surface area contributed by atoms with E-state index in [1.54, 1.807) is 29.2 Å². The predicted octanol–water partition coefficient (Wildman–Crippen LogP) is 4.04. The zero-order chi connectivity index (χ0) is 24.5. The summed E-state index contributed by atoms with van der Waals surface area (Å²) in [7, 11) is -3.75. The molecule has 0 aromatic heterocycles. The number of nitriles is 1. The summed E-state index contributed by atoms with van der Waals surface area (Å²) in [4.78, 5) is 13.2. The molecule has 2 fully saturated rings. The topological polar surface area (TPSA) is 81.5 Å². The maximum atomic E-state index is 15.2. The van der Waals surface area contributed by atoms with E-state index >= 15 is 8.78 Å². The minimum Gasteiger partial charge on any atom is -0.343 e. The minimum atomic E-state index is -3.75. The first-order chi connectivity index (χ1) is 16.2. The fourth-order valence-corrected chi connectivity index (χ4v) is 7.02. The van der Waals surface area contributed by atoms with Crippen molar-refractivity contribution in [3.8, 4) is 6.07 Å². The van der Waals surface area contributed by atoms with Gasteiger partial charge in [-0.1, -0.05) is 30.3 Å². The van der Waals surface area contributed by atoms with Crippen molar-refractivity contribution in [2.24, 2.45) is 0 Å². The molecule has 2 heterocycles. The molecule has 0 saturated carbocycles. The third-order valence-corrected chi connectivity index (χ3v) is 9.30. The van der Waals surface area contributed by atoms with Crippen molar-refractivity contribution in [3.63, 3.8) is 0 Å². The third-order valence-electron chi connectivity index (χ3n) is 7.04. The summed E-state index contributed by atoms with van der Waals surface area (Å²) in [6, 6.07) is 13.1. The number of rotatable bonds is 4. The Balaban J connectivity index is 1.59. The van der Waals surface area contributed by atoms with E-state index in [1.807, 2.05) is 6.07 Å². The Hall–Kier alpha value is -2.83. The van der Waals surface area contributed by atoms with Crippen LogP contribution < -0.4 is 0 Å². The van der Waals surface area contributed by atoms with Crippen molar-refractivity contribution in [2.45, 2.75) is 49.8 Å². The second-order valence-corrected chi connectivity index (χ2v) is 11.2. The molecule has 0 aliphatic carbocycles. The number of carbonyl (C=O) groups excluding carboxylic acids is 1. The van der Waals surface area contributed by atoms with Crippen LogP contribution in [0.2, 0.25) is 0 Å². The number of sulfonamides is 1. The van der Waals surface area contributed by atoms with Crippen molar-refractivity contribution in [2.75, 3.05) is 19.6 Å². The predicted molar refractivity (Wildman–Crippen MR) is 123 cm³/mol. The van der Waals surface area contributed by atoms with Gasteiger partial charge in [0.2, 0.25) is 15.9 Å². The molecule has 1 atom stereocenters. The van der Waals surface area contributed by atoms with Gasteiger partial charge in [0.05, 0.1) is 11.5 Å². The molecule has 0 spiro atoms. The van der Waals surface area contributed by atoms with E-state index in [0.29, 0.717) is 31.5 Å². The molecule has 34 heavy (non-hydrogen) atoms. The van der Waals surface area contributed by atoms with E-state index in [9.17, 15) is 18.5 Å². The van der Waals surface area contributed by atoms with Gasteiger partial charge < -0.3 is 4.90 Å². The van der Waals surface area contributed by atoms with Crippen LogP contribution in [0.15, 0.2) is 42.5 Å². The number of likely N-dealkylation sites (tertiary alicyclic amines) is 1. The summed E-state index contributed by atoms with van der Waals surface area (Å²) in [5.74, 6) is -1.59. The summed E-state index contributed by atoms with van der Waals surface area (Å²) in [5, 5.41) is 9.12. The van der Waals surface area contributed by atoms with Gasteiger partial charge in [-0.05, 0) is 43.4 Å². The second-order valence-electron chi connectivity index (χ2n) is 9.04. The van der Waals surface area contributed by atoms with Crippen LogP contribution in [0.4, 0.5) is 8.78 Å². The van der Waals surface area contributed by atoms with Gasteiger partial charge in [0.25, 0.3) is 0 Å².